The van der Waals surface area contributed by atoms with Gasteiger partial charge in [-0.3, -0.25) is 9.59 Å². The maximum atomic E-state index is 13.3. The van der Waals surface area contributed by atoms with Gasteiger partial charge in [0.2, 0.25) is 11.8 Å². The molecule has 1 aliphatic carbocycles. The smallest absolute Gasteiger partial charge is 0.227 e. The average Bonchev–Trinajstić information content (AvgIpc) is 3.14. The highest BCUT2D eigenvalue weighted by molar-refractivity contribution is 7.15. The zero-order valence-corrected chi connectivity index (χ0v) is 17.7. The second-order valence-electron chi connectivity index (χ2n) is 7.42. The second-order valence-corrected chi connectivity index (χ2v) is 8.89. The summed E-state index contributed by atoms with van der Waals surface area (Å²) in [4.78, 5) is 34.2. The Morgan fingerprint density at radius 1 is 1.28 bits per heavy atom. The highest BCUT2D eigenvalue weighted by Gasteiger charge is 2.29. The molecule has 1 N–H and O–H groups in total. The van der Waals surface area contributed by atoms with Crippen LogP contribution in [-0.4, -0.2) is 47.9 Å². The minimum Gasteiger partial charge on any atom is -0.345 e. The number of nitrogens with zero attached hydrogens (tertiary/aromatic N) is 3. The molecular formula is C20H22ClFN4O2S. The first-order valence-corrected chi connectivity index (χ1v) is 10.8. The Kier molecular flexibility index (Phi) is 5.74. The third-order valence-electron chi connectivity index (χ3n) is 5.48. The number of benzene rings is 1. The van der Waals surface area contributed by atoms with Gasteiger partial charge in [-0.1, -0.05) is 11.6 Å². The van der Waals surface area contributed by atoms with E-state index in [1.165, 1.54) is 18.2 Å². The summed E-state index contributed by atoms with van der Waals surface area (Å²) in [6.45, 7) is 4.58. The van der Waals surface area contributed by atoms with Crippen molar-refractivity contribution in [2.75, 3.05) is 36.4 Å². The van der Waals surface area contributed by atoms with Crippen LogP contribution < -0.4 is 10.2 Å². The lowest BCUT2D eigenvalue weighted by Crippen LogP contribution is -2.48. The molecule has 154 valence electrons. The molecule has 1 unspecified atom stereocenters. The van der Waals surface area contributed by atoms with Crippen LogP contribution in [0, 0.1) is 11.7 Å². The van der Waals surface area contributed by atoms with Gasteiger partial charge in [0.25, 0.3) is 0 Å². The summed E-state index contributed by atoms with van der Waals surface area (Å²) in [7, 11) is 0. The van der Waals surface area contributed by atoms with E-state index in [9.17, 15) is 14.0 Å². The Morgan fingerprint density at radius 2 is 2.03 bits per heavy atom. The van der Waals surface area contributed by atoms with Crippen LogP contribution in [0.1, 0.15) is 23.9 Å². The lowest BCUT2D eigenvalue weighted by atomic mass is 9.90. The van der Waals surface area contributed by atoms with Crippen LogP contribution in [0.5, 0.6) is 0 Å². The number of anilines is 2. The van der Waals surface area contributed by atoms with E-state index in [1.807, 2.05) is 4.90 Å². The van der Waals surface area contributed by atoms with Crippen LogP contribution in [-0.2, 0) is 22.4 Å². The quantitative estimate of drug-likeness (QED) is 0.801. The van der Waals surface area contributed by atoms with Crippen molar-refractivity contribution in [3.05, 3.63) is 39.6 Å². The summed E-state index contributed by atoms with van der Waals surface area (Å²) in [5, 5.41) is 3.81. The molecule has 0 saturated carbocycles. The molecule has 2 aliphatic rings. The molecule has 4 rings (SSSR count). The maximum Gasteiger partial charge on any atom is 0.227 e. The van der Waals surface area contributed by atoms with E-state index in [-0.39, 0.29) is 22.8 Å². The number of carbonyl (C=O) groups is 2. The molecule has 1 saturated heterocycles. The SMILES string of the molecule is CC(=O)N1CCN(c2nc3c(s2)CC(C(=O)Nc2ccc(F)c(Cl)c2)CC3)CC1. The molecule has 0 bridgehead atoms. The Bertz CT molecular complexity index is 943. The number of nitrogens with one attached hydrogen (secondary N) is 1. The van der Waals surface area contributed by atoms with Crippen molar-refractivity contribution < 1.29 is 14.0 Å². The zero-order valence-electron chi connectivity index (χ0n) is 16.1. The third-order valence-corrected chi connectivity index (χ3v) is 6.95. The number of aromatic nitrogens is 1. The summed E-state index contributed by atoms with van der Waals surface area (Å²) in [5.74, 6) is -0.620. The molecule has 1 aliphatic heterocycles. The highest BCUT2D eigenvalue weighted by atomic mass is 35.5. The predicted octanol–water partition coefficient (Wildman–Crippen LogP) is 3.35. The molecule has 0 radical (unpaired) electrons. The van der Waals surface area contributed by atoms with Crippen LogP contribution in [0.3, 0.4) is 0 Å². The Morgan fingerprint density at radius 3 is 2.72 bits per heavy atom. The van der Waals surface area contributed by atoms with E-state index >= 15 is 0 Å². The van der Waals surface area contributed by atoms with Crippen LogP contribution in [0.2, 0.25) is 5.02 Å². The average molecular weight is 437 g/mol. The number of fused-ring (bicyclic) bond motifs is 1. The van der Waals surface area contributed by atoms with Crippen molar-refractivity contribution in [2.45, 2.75) is 26.2 Å². The summed E-state index contributed by atoms with van der Waals surface area (Å²) < 4.78 is 13.3. The fourth-order valence-electron chi connectivity index (χ4n) is 3.75. The zero-order chi connectivity index (χ0) is 20.5. The van der Waals surface area contributed by atoms with Crippen molar-refractivity contribution >= 4 is 45.6 Å². The van der Waals surface area contributed by atoms with Crippen LogP contribution in [0.25, 0.3) is 0 Å². The Balaban J connectivity index is 1.39. The van der Waals surface area contributed by atoms with Gasteiger partial charge in [0.1, 0.15) is 5.82 Å². The van der Waals surface area contributed by atoms with E-state index < -0.39 is 5.82 Å². The first-order chi connectivity index (χ1) is 13.9. The number of hydrogen-bond acceptors (Lipinski definition) is 5. The minimum absolute atomic E-state index is 0.00861. The molecule has 1 aromatic carbocycles. The van der Waals surface area contributed by atoms with Gasteiger partial charge in [-0.15, -0.1) is 11.3 Å². The number of rotatable bonds is 3. The van der Waals surface area contributed by atoms with Crippen LogP contribution >= 0.6 is 22.9 Å². The molecule has 1 atom stereocenters. The third kappa shape index (κ3) is 4.38. The number of aryl methyl sites for hydroxylation is 1. The first kappa shape index (κ1) is 20.1. The number of thiazole rings is 1. The number of halogens is 2. The van der Waals surface area contributed by atoms with E-state index in [0.29, 0.717) is 25.2 Å². The lowest BCUT2D eigenvalue weighted by molar-refractivity contribution is -0.129. The summed E-state index contributed by atoms with van der Waals surface area (Å²) in [6, 6.07) is 4.19. The summed E-state index contributed by atoms with van der Waals surface area (Å²) in [5.41, 5.74) is 1.58. The Hall–Kier alpha value is -2.19. The molecule has 1 aromatic heterocycles. The monoisotopic (exact) mass is 436 g/mol. The van der Waals surface area contributed by atoms with Gasteiger partial charge in [-0.25, -0.2) is 9.37 Å². The largest absolute Gasteiger partial charge is 0.345 e. The van der Waals surface area contributed by atoms with Crippen molar-refractivity contribution in [3.8, 4) is 0 Å². The van der Waals surface area contributed by atoms with Crippen molar-refractivity contribution in [3.63, 3.8) is 0 Å². The number of hydrogen-bond donors (Lipinski definition) is 1. The lowest BCUT2D eigenvalue weighted by Gasteiger charge is -2.33. The van der Waals surface area contributed by atoms with E-state index in [2.05, 4.69) is 10.2 Å². The van der Waals surface area contributed by atoms with Crippen molar-refractivity contribution in [1.82, 2.24) is 9.88 Å². The number of amides is 2. The maximum absolute atomic E-state index is 13.3. The molecule has 6 nitrogen and oxygen atoms in total. The normalized spacial score (nSPS) is 19.1. The van der Waals surface area contributed by atoms with Crippen LogP contribution in [0.15, 0.2) is 18.2 Å². The molecule has 2 heterocycles. The first-order valence-electron chi connectivity index (χ1n) is 9.65. The van der Waals surface area contributed by atoms with Gasteiger partial charge < -0.3 is 15.1 Å². The van der Waals surface area contributed by atoms with E-state index in [4.69, 9.17) is 16.6 Å². The standard InChI is InChI=1S/C20H22ClFN4O2S/c1-12(27)25-6-8-26(9-7-25)20-24-17-5-2-13(10-18(17)29-20)19(28)23-14-3-4-16(22)15(21)11-14/h3-4,11,13H,2,5-10H2,1H3,(H,23,28). The Labute approximate surface area is 177 Å². The molecule has 9 heteroatoms. The molecular weight excluding hydrogens is 415 g/mol. The summed E-state index contributed by atoms with van der Waals surface area (Å²) in [6.07, 6.45) is 2.15. The number of piperazine rings is 1. The van der Waals surface area contributed by atoms with E-state index in [1.54, 1.807) is 18.3 Å². The molecule has 29 heavy (non-hydrogen) atoms. The van der Waals surface area contributed by atoms with Gasteiger partial charge in [-0.2, -0.15) is 0 Å². The topological polar surface area (TPSA) is 65.5 Å². The molecule has 0 spiro atoms. The van der Waals surface area contributed by atoms with Crippen molar-refractivity contribution in [1.29, 1.82) is 0 Å². The predicted molar refractivity (Wildman–Crippen MR) is 112 cm³/mol. The van der Waals surface area contributed by atoms with Gasteiger partial charge in [0.05, 0.1) is 10.7 Å². The molecule has 2 amide bonds. The van der Waals surface area contributed by atoms with Gasteiger partial charge in [0.15, 0.2) is 5.13 Å². The highest BCUT2D eigenvalue weighted by Crippen LogP contribution is 2.35. The van der Waals surface area contributed by atoms with Gasteiger partial charge in [-0.05, 0) is 37.5 Å². The van der Waals surface area contributed by atoms with Crippen LogP contribution in [0.4, 0.5) is 15.2 Å². The minimum atomic E-state index is -0.506. The molecule has 1 fully saturated rings. The fraction of sp³-hybridized carbons (Fsp3) is 0.450. The summed E-state index contributed by atoms with van der Waals surface area (Å²) >= 11 is 7.44. The van der Waals surface area contributed by atoms with Crippen molar-refractivity contribution in [2.24, 2.45) is 5.92 Å². The fourth-order valence-corrected chi connectivity index (χ4v) is 5.17. The van der Waals surface area contributed by atoms with Gasteiger partial charge >= 0.3 is 0 Å². The van der Waals surface area contributed by atoms with Gasteiger partial charge in [0, 0.05) is 49.6 Å². The second kappa shape index (κ2) is 8.28. The molecule has 2 aromatic rings. The number of carbonyl (C=O) groups excluding carboxylic acids is 2. The van der Waals surface area contributed by atoms with E-state index in [0.717, 1.165) is 41.6 Å².